The van der Waals surface area contributed by atoms with Crippen molar-refractivity contribution < 1.29 is 14.6 Å². The summed E-state index contributed by atoms with van der Waals surface area (Å²) in [6, 6.07) is 7.02. The zero-order valence-electron chi connectivity index (χ0n) is 12.1. The molecule has 0 heterocycles. The molecule has 1 aromatic carbocycles. The fourth-order valence-electron chi connectivity index (χ4n) is 2.65. The molecule has 112 valence electrons. The van der Waals surface area contributed by atoms with Crippen molar-refractivity contribution in [3.8, 4) is 18.1 Å². The van der Waals surface area contributed by atoms with Crippen LogP contribution < -0.4 is 10.1 Å². The Bertz CT molecular complexity index is 510. The van der Waals surface area contributed by atoms with Gasteiger partial charge in [-0.25, -0.2) is 0 Å². The second-order valence-corrected chi connectivity index (χ2v) is 5.53. The molecule has 0 unspecified atom stereocenters. The van der Waals surface area contributed by atoms with E-state index in [0.717, 1.165) is 19.3 Å². The van der Waals surface area contributed by atoms with Crippen molar-refractivity contribution in [3.63, 3.8) is 0 Å². The largest absolute Gasteiger partial charge is 0.481 e. The average molecular weight is 287 g/mol. The van der Waals surface area contributed by atoms with Crippen LogP contribution in [0.1, 0.15) is 38.5 Å². The molecule has 0 saturated heterocycles. The molecule has 0 spiro atoms. The number of amides is 1. The lowest BCUT2D eigenvalue weighted by atomic mass is 9.82. The highest BCUT2D eigenvalue weighted by Crippen LogP contribution is 2.31. The summed E-state index contributed by atoms with van der Waals surface area (Å²) in [5, 5.41) is 13.2. The van der Waals surface area contributed by atoms with E-state index in [4.69, 9.17) is 11.2 Å². The molecule has 1 fully saturated rings. The van der Waals surface area contributed by atoms with E-state index in [0.29, 0.717) is 24.3 Å². The lowest BCUT2D eigenvalue weighted by Gasteiger charge is -2.31. The summed E-state index contributed by atoms with van der Waals surface area (Å²) in [5.74, 6) is 2.90. The van der Waals surface area contributed by atoms with Gasteiger partial charge < -0.3 is 15.2 Å². The van der Waals surface area contributed by atoms with E-state index in [-0.39, 0.29) is 18.9 Å². The van der Waals surface area contributed by atoms with Crippen molar-refractivity contribution in [1.29, 1.82) is 0 Å². The molecule has 1 amide bonds. The third-order valence-corrected chi connectivity index (χ3v) is 3.73. The molecule has 1 saturated carbocycles. The van der Waals surface area contributed by atoms with Crippen LogP contribution in [-0.2, 0) is 4.79 Å². The summed E-state index contributed by atoms with van der Waals surface area (Å²) in [6.07, 6.45) is 9.81. The van der Waals surface area contributed by atoms with Gasteiger partial charge in [0.15, 0.2) is 0 Å². The van der Waals surface area contributed by atoms with Gasteiger partial charge in [0.25, 0.3) is 0 Å². The lowest BCUT2D eigenvalue weighted by molar-refractivity contribution is -0.122. The predicted octanol–water partition coefficient (Wildman–Crippen LogP) is 2.72. The van der Waals surface area contributed by atoms with Crippen LogP contribution >= 0.6 is 0 Å². The molecule has 1 aromatic rings. The smallest absolute Gasteiger partial charge is 0.227 e. The van der Waals surface area contributed by atoms with E-state index in [1.54, 1.807) is 24.3 Å². The first-order valence-electron chi connectivity index (χ1n) is 7.30. The number of aliphatic hydroxyl groups is 1. The molecule has 4 heteroatoms. The number of ether oxygens (including phenoxy) is 1. The van der Waals surface area contributed by atoms with E-state index < -0.39 is 5.60 Å². The van der Waals surface area contributed by atoms with Crippen LogP contribution in [0.4, 0.5) is 5.69 Å². The normalized spacial score (nSPS) is 16.8. The highest BCUT2D eigenvalue weighted by atomic mass is 16.5. The Morgan fingerprint density at radius 1 is 1.29 bits per heavy atom. The molecule has 0 aromatic heterocycles. The molecule has 1 aliphatic rings. The second-order valence-electron chi connectivity index (χ2n) is 5.53. The molecule has 0 atom stereocenters. The monoisotopic (exact) mass is 287 g/mol. The molecular formula is C17H21NO3. The van der Waals surface area contributed by atoms with E-state index in [1.165, 1.54) is 0 Å². The molecule has 0 bridgehead atoms. The van der Waals surface area contributed by atoms with E-state index >= 15 is 0 Å². The molecule has 2 rings (SSSR count). The van der Waals surface area contributed by atoms with Crippen LogP contribution in [0.2, 0.25) is 0 Å². The molecule has 1 aliphatic carbocycles. The Morgan fingerprint density at radius 2 is 1.95 bits per heavy atom. The maximum Gasteiger partial charge on any atom is 0.227 e. The van der Waals surface area contributed by atoms with Gasteiger partial charge >= 0.3 is 0 Å². The highest BCUT2D eigenvalue weighted by Gasteiger charge is 2.31. The van der Waals surface area contributed by atoms with Crippen LogP contribution in [0, 0.1) is 12.3 Å². The molecule has 4 nitrogen and oxygen atoms in total. The zero-order chi connectivity index (χ0) is 15.1. The number of hydrogen-bond acceptors (Lipinski definition) is 3. The van der Waals surface area contributed by atoms with Gasteiger partial charge in [0.05, 0.1) is 12.0 Å². The van der Waals surface area contributed by atoms with Gasteiger partial charge in [-0.05, 0) is 37.1 Å². The van der Waals surface area contributed by atoms with Gasteiger partial charge in [-0.15, -0.1) is 6.42 Å². The summed E-state index contributed by atoms with van der Waals surface area (Å²) in [5.41, 5.74) is -0.148. The molecule has 2 N–H and O–H groups in total. The Morgan fingerprint density at radius 3 is 2.57 bits per heavy atom. The van der Waals surface area contributed by atoms with E-state index in [9.17, 15) is 9.90 Å². The summed E-state index contributed by atoms with van der Waals surface area (Å²) in [7, 11) is 0. The number of benzene rings is 1. The first-order valence-corrected chi connectivity index (χ1v) is 7.30. The van der Waals surface area contributed by atoms with Gasteiger partial charge in [0, 0.05) is 5.69 Å². The van der Waals surface area contributed by atoms with Gasteiger partial charge in [0.2, 0.25) is 5.91 Å². The standard InChI is InChI=1S/C17H21NO3/c1-2-12-21-15-8-6-14(7-9-15)18-16(19)13-17(20)10-4-3-5-11-17/h1,6-9,20H,3-5,10-13H2,(H,18,19). The Hall–Kier alpha value is -1.99. The minimum absolute atomic E-state index is 0.155. The minimum Gasteiger partial charge on any atom is -0.481 e. The van der Waals surface area contributed by atoms with E-state index in [2.05, 4.69) is 11.2 Å². The van der Waals surface area contributed by atoms with Crippen molar-refractivity contribution in [2.45, 2.75) is 44.1 Å². The molecule has 0 radical (unpaired) electrons. The summed E-state index contributed by atoms with van der Waals surface area (Å²) < 4.78 is 5.26. The van der Waals surface area contributed by atoms with Crippen molar-refractivity contribution >= 4 is 11.6 Å². The maximum atomic E-state index is 12.0. The topological polar surface area (TPSA) is 58.6 Å². The van der Waals surface area contributed by atoms with Crippen LogP contribution in [0.3, 0.4) is 0 Å². The fourth-order valence-corrected chi connectivity index (χ4v) is 2.65. The fraction of sp³-hybridized carbons (Fsp3) is 0.471. The molecule has 21 heavy (non-hydrogen) atoms. The van der Waals surface area contributed by atoms with Gasteiger partial charge in [-0.3, -0.25) is 4.79 Å². The number of anilines is 1. The first kappa shape index (κ1) is 15.4. The van der Waals surface area contributed by atoms with Crippen molar-refractivity contribution in [2.24, 2.45) is 0 Å². The van der Waals surface area contributed by atoms with Gasteiger partial charge in [-0.2, -0.15) is 0 Å². The molecular weight excluding hydrogens is 266 g/mol. The quantitative estimate of drug-likeness (QED) is 0.819. The zero-order valence-corrected chi connectivity index (χ0v) is 12.1. The summed E-state index contributed by atoms with van der Waals surface area (Å²) >= 11 is 0. The minimum atomic E-state index is -0.835. The Labute approximate surface area is 125 Å². The SMILES string of the molecule is C#CCOc1ccc(NC(=O)CC2(O)CCCCC2)cc1. The Balaban J connectivity index is 1.86. The Kier molecular flexibility index (Phi) is 5.24. The molecule has 0 aliphatic heterocycles. The van der Waals surface area contributed by atoms with Crippen LogP contribution in [0.15, 0.2) is 24.3 Å². The van der Waals surface area contributed by atoms with Crippen LogP contribution in [0.5, 0.6) is 5.75 Å². The third kappa shape index (κ3) is 4.80. The van der Waals surface area contributed by atoms with Gasteiger partial charge in [-0.1, -0.05) is 25.2 Å². The number of terminal acetylenes is 1. The van der Waals surface area contributed by atoms with E-state index in [1.807, 2.05) is 0 Å². The average Bonchev–Trinajstić information content (AvgIpc) is 2.46. The highest BCUT2D eigenvalue weighted by molar-refractivity contribution is 5.91. The summed E-state index contributed by atoms with van der Waals surface area (Å²) in [6.45, 7) is 0.221. The number of rotatable bonds is 5. The number of nitrogens with one attached hydrogen (secondary N) is 1. The van der Waals surface area contributed by atoms with Crippen molar-refractivity contribution in [2.75, 3.05) is 11.9 Å². The third-order valence-electron chi connectivity index (χ3n) is 3.73. The van der Waals surface area contributed by atoms with Crippen LogP contribution in [0.25, 0.3) is 0 Å². The number of hydrogen-bond donors (Lipinski definition) is 2. The lowest BCUT2D eigenvalue weighted by Crippen LogP contribution is -2.35. The van der Waals surface area contributed by atoms with Gasteiger partial charge in [0.1, 0.15) is 12.4 Å². The van der Waals surface area contributed by atoms with Crippen molar-refractivity contribution in [1.82, 2.24) is 0 Å². The first-order chi connectivity index (χ1) is 10.1. The van der Waals surface area contributed by atoms with Crippen LogP contribution in [-0.4, -0.2) is 23.2 Å². The van der Waals surface area contributed by atoms with Crippen molar-refractivity contribution in [3.05, 3.63) is 24.3 Å². The predicted molar refractivity (Wildman–Crippen MR) is 82.1 cm³/mol. The maximum absolute atomic E-state index is 12.0. The second kappa shape index (κ2) is 7.14. The number of carbonyl (C=O) groups is 1. The number of carbonyl (C=O) groups excluding carboxylic acids is 1. The summed E-state index contributed by atoms with van der Waals surface area (Å²) in [4.78, 5) is 12.0.